The third-order valence-electron chi connectivity index (χ3n) is 2.57. The van der Waals surface area contributed by atoms with Gasteiger partial charge >= 0.3 is 0 Å². The van der Waals surface area contributed by atoms with Gasteiger partial charge in [-0.3, -0.25) is 10.1 Å². The van der Waals surface area contributed by atoms with Gasteiger partial charge in [-0.1, -0.05) is 12.1 Å². The molecule has 0 aliphatic heterocycles. The molecule has 0 aliphatic carbocycles. The fraction of sp³-hybridized carbons (Fsp3) is 0.167. The summed E-state index contributed by atoms with van der Waals surface area (Å²) < 4.78 is 0. The molecule has 0 radical (unpaired) electrons. The average Bonchev–Trinajstić information content (AvgIpc) is 2.38. The summed E-state index contributed by atoms with van der Waals surface area (Å²) in [6, 6.07) is 8.22. The normalized spacial score (nSPS) is 10.1. The minimum absolute atomic E-state index is 0.0476. The first-order valence-corrected chi connectivity index (χ1v) is 5.38. The van der Waals surface area contributed by atoms with E-state index in [4.69, 9.17) is 0 Å². The molecule has 0 spiro atoms. The zero-order valence-electron chi connectivity index (χ0n) is 10.0. The second kappa shape index (κ2) is 4.79. The largest absolute Gasteiger partial charge is 0.372 e. The zero-order valence-corrected chi connectivity index (χ0v) is 10.0. The standard InChI is InChI=1S/C12H12N4O2/c1-8-6-11(13-2)14-15-12(8)9-4-3-5-10(7-9)16(17)18/h3-7H,1-2H3,(H,13,14). The van der Waals surface area contributed by atoms with Crippen LogP contribution >= 0.6 is 0 Å². The van der Waals surface area contributed by atoms with Crippen molar-refractivity contribution in [2.24, 2.45) is 0 Å². The number of aromatic nitrogens is 2. The number of benzene rings is 1. The number of rotatable bonds is 3. The molecule has 2 rings (SSSR count). The van der Waals surface area contributed by atoms with Gasteiger partial charge in [0, 0.05) is 24.7 Å². The molecule has 0 bridgehead atoms. The molecular formula is C12H12N4O2. The van der Waals surface area contributed by atoms with Crippen molar-refractivity contribution in [2.75, 3.05) is 12.4 Å². The molecule has 1 aromatic heterocycles. The summed E-state index contributed by atoms with van der Waals surface area (Å²) in [6.07, 6.45) is 0. The first-order chi connectivity index (χ1) is 8.61. The minimum Gasteiger partial charge on any atom is -0.372 e. The molecule has 2 aromatic rings. The van der Waals surface area contributed by atoms with Crippen LogP contribution in [0.1, 0.15) is 5.56 Å². The highest BCUT2D eigenvalue weighted by Gasteiger charge is 2.10. The van der Waals surface area contributed by atoms with Gasteiger partial charge in [0.1, 0.15) is 5.82 Å². The first-order valence-electron chi connectivity index (χ1n) is 5.38. The van der Waals surface area contributed by atoms with Crippen molar-refractivity contribution in [3.8, 4) is 11.3 Å². The third kappa shape index (κ3) is 2.27. The predicted molar refractivity (Wildman–Crippen MR) is 68.4 cm³/mol. The van der Waals surface area contributed by atoms with Gasteiger partial charge in [-0.05, 0) is 18.6 Å². The maximum absolute atomic E-state index is 10.7. The molecule has 1 aromatic carbocycles. The number of hydrogen-bond donors (Lipinski definition) is 1. The van der Waals surface area contributed by atoms with Crippen LogP contribution in [0.5, 0.6) is 0 Å². The van der Waals surface area contributed by atoms with E-state index < -0.39 is 4.92 Å². The molecule has 6 heteroatoms. The van der Waals surface area contributed by atoms with Crippen molar-refractivity contribution in [3.63, 3.8) is 0 Å². The number of aryl methyl sites for hydroxylation is 1. The van der Waals surface area contributed by atoms with E-state index in [2.05, 4.69) is 15.5 Å². The molecule has 1 N–H and O–H groups in total. The van der Waals surface area contributed by atoms with E-state index in [0.717, 1.165) is 5.56 Å². The zero-order chi connectivity index (χ0) is 13.1. The number of anilines is 1. The topological polar surface area (TPSA) is 81.0 Å². The van der Waals surface area contributed by atoms with Gasteiger partial charge in [0.15, 0.2) is 0 Å². The predicted octanol–water partition coefficient (Wildman–Crippen LogP) is 2.40. The fourth-order valence-electron chi connectivity index (χ4n) is 1.66. The Kier molecular flexibility index (Phi) is 3.18. The number of nitro benzene ring substituents is 1. The van der Waals surface area contributed by atoms with E-state index in [1.807, 2.05) is 13.0 Å². The molecule has 0 aliphatic rings. The number of hydrogen-bond acceptors (Lipinski definition) is 5. The molecular weight excluding hydrogens is 232 g/mol. The van der Waals surface area contributed by atoms with Gasteiger partial charge in [0.05, 0.1) is 10.6 Å². The Morgan fingerprint density at radius 1 is 1.28 bits per heavy atom. The maximum atomic E-state index is 10.7. The molecule has 6 nitrogen and oxygen atoms in total. The fourth-order valence-corrected chi connectivity index (χ4v) is 1.66. The number of nitrogens with one attached hydrogen (secondary N) is 1. The van der Waals surface area contributed by atoms with Gasteiger partial charge in [0.25, 0.3) is 5.69 Å². The van der Waals surface area contributed by atoms with Crippen molar-refractivity contribution >= 4 is 11.5 Å². The molecule has 18 heavy (non-hydrogen) atoms. The lowest BCUT2D eigenvalue weighted by atomic mass is 10.1. The Morgan fingerprint density at radius 2 is 2.06 bits per heavy atom. The van der Waals surface area contributed by atoms with Crippen LogP contribution in [0.4, 0.5) is 11.5 Å². The molecule has 1 heterocycles. The van der Waals surface area contributed by atoms with Crippen LogP contribution in [0.15, 0.2) is 30.3 Å². The average molecular weight is 244 g/mol. The van der Waals surface area contributed by atoms with Crippen LogP contribution < -0.4 is 5.32 Å². The molecule has 92 valence electrons. The van der Waals surface area contributed by atoms with Crippen molar-refractivity contribution in [2.45, 2.75) is 6.92 Å². The van der Waals surface area contributed by atoms with Crippen LogP contribution in [0.25, 0.3) is 11.3 Å². The molecule has 0 fully saturated rings. The summed E-state index contributed by atoms with van der Waals surface area (Å²) in [7, 11) is 1.76. The van der Waals surface area contributed by atoms with Crippen LogP contribution in [0, 0.1) is 17.0 Å². The van der Waals surface area contributed by atoms with E-state index in [1.165, 1.54) is 12.1 Å². The van der Waals surface area contributed by atoms with Crippen LogP contribution in [-0.4, -0.2) is 22.2 Å². The summed E-state index contributed by atoms with van der Waals surface area (Å²) in [6.45, 7) is 1.89. The highest BCUT2D eigenvalue weighted by Crippen LogP contribution is 2.25. The quantitative estimate of drug-likeness (QED) is 0.662. The lowest BCUT2D eigenvalue weighted by Crippen LogP contribution is -1.98. The maximum Gasteiger partial charge on any atom is 0.270 e. The van der Waals surface area contributed by atoms with Crippen LogP contribution in [0.3, 0.4) is 0 Å². The van der Waals surface area contributed by atoms with E-state index >= 15 is 0 Å². The van der Waals surface area contributed by atoms with Crippen molar-refractivity contribution in [1.82, 2.24) is 10.2 Å². The Balaban J connectivity index is 2.48. The smallest absolute Gasteiger partial charge is 0.270 e. The van der Waals surface area contributed by atoms with Crippen molar-refractivity contribution < 1.29 is 4.92 Å². The number of nitrogens with zero attached hydrogens (tertiary/aromatic N) is 3. The van der Waals surface area contributed by atoms with Gasteiger partial charge < -0.3 is 5.32 Å². The molecule has 0 saturated heterocycles. The first kappa shape index (κ1) is 12.0. The molecule has 0 amide bonds. The van der Waals surface area contributed by atoms with Crippen LogP contribution in [-0.2, 0) is 0 Å². The third-order valence-corrected chi connectivity index (χ3v) is 2.57. The highest BCUT2D eigenvalue weighted by molar-refractivity contribution is 5.66. The second-order valence-electron chi connectivity index (χ2n) is 3.82. The van der Waals surface area contributed by atoms with Crippen molar-refractivity contribution in [1.29, 1.82) is 0 Å². The van der Waals surface area contributed by atoms with E-state index in [-0.39, 0.29) is 5.69 Å². The Morgan fingerprint density at radius 3 is 2.67 bits per heavy atom. The second-order valence-corrected chi connectivity index (χ2v) is 3.82. The number of nitro groups is 1. The monoisotopic (exact) mass is 244 g/mol. The Bertz CT molecular complexity index is 598. The SMILES string of the molecule is CNc1cc(C)c(-c2cccc([N+](=O)[O-])c2)nn1. The lowest BCUT2D eigenvalue weighted by molar-refractivity contribution is -0.384. The van der Waals surface area contributed by atoms with E-state index in [0.29, 0.717) is 17.1 Å². The van der Waals surface area contributed by atoms with Gasteiger partial charge in [-0.2, -0.15) is 0 Å². The van der Waals surface area contributed by atoms with Gasteiger partial charge in [-0.25, -0.2) is 0 Å². The van der Waals surface area contributed by atoms with Gasteiger partial charge in [-0.15, -0.1) is 10.2 Å². The molecule has 0 atom stereocenters. The van der Waals surface area contributed by atoms with Gasteiger partial charge in [0.2, 0.25) is 0 Å². The minimum atomic E-state index is -0.422. The lowest BCUT2D eigenvalue weighted by Gasteiger charge is -2.06. The summed E-state index contributed by atoms with van der Waals surface area (Å²) in [4.78, 5) is 10.3. The Labute approximate surface area is 104 Å². The summed E-state index contributed by atoms with van der Waals surface area (Å²) in [5.41, 5.74) is 2.30. The molecule has 0 saturated carbocycles. The van der Waals surface area contributed by atoms with Crippen molar-refractivity contribution in [3.05, 3.63) is 46.0 Å². The molecule has 0 unspecified atom stereocenters. The van der Waals surface area contributed by atoms with E-state index in [1.54, 1.807) is 19.2 Å². The summed E-state index contributed by atoms with van der Waals surface area (Å²) in [5, 5.41) is 21.7. The summed E-state index contributed by atoms with van der Waals surface area (Å²) >= 11 is 0. The highest BCUT2D eigenvalue weighted by atomic mass is 16.6. The van der Waals surface area contributed by atoms with Crippen LogP contribution in [0.2, 0.25) is 0 Å². The Hall–Kier alpha value is -2.50. The summed E-state index contributed by atoms with van der Waals surface area (Å²) in [5.74, 6) is 0.668. The van der Waals surface area contributed by atoms with E-state index in [9.17, 15) is 10.1 Å². The number of non-ortho nitro benzene ring substituents is 1.